The summed E-state index contributed by atoms with van der Waals surface area (Å²) in [6.07, 6.45) is 4.94. The van der Waals surface area contributed by atoms with E-state index in [9.17, 15) is 4.79 Å². The van der Waals surface area contributed by atoms with Gasteiger partial charge in [0.25, 0.3) is 0 Å². The van der Waals surface area contributed by atoms with Gasteiger partial charge < -0.3 is 14.0 Å². The highest BCUT2D eigenvalue weighted by molar-refractivity contribution is 6.30. The molecule has 0 spiro atoms. The molecule has 0 unspecified atom stereocenters. The van der Waals surface area contributed by atoms with Crippen molar-refractivity contribution in [1.29, 1.82) is 0 Å². The van der Waals surface area contributed by atoms with Crippen molar-refractivity contribution in [2.24, 2.45) is 0 Å². The van der Waals surface area contributed by atoms with E-state index >= 15 is 0 Å². The van der Waals surface area contributed by atoms with E-state index in [0.29, 0.717) is 36.0 Å². The number of H-pyrrole nitrogens is 1. The number of halogens is 1. The van der Waals surface area contributed by atoms with Gasteiger partial charge in [0.2, 0.25) is 0 Å². The number of aromatic nitrogens is 4. The van der Waals surface area contributed by atoms with Crippen LogP contribution in [0, 0.1) is 0 Å². The van der Waals surface area contributed by atoms with E-state index in [2.05, 4.69) is 15.2 Å². The molecule has 1 N–H and O–H groups in total. The Labute approximate surface area is 149 Å². The third kappa shape index (κ3) is 4.00. The van der Waals surface area contributed by atoms with Crippen molar-refractivity contribution < 1.29 is 14.3 Å². The minimum absolute atomic E-state index is 0.297. The monoisotopic (exact) mass is 360 g/mol. The number of hydrogen-bond acceptors (Lipinski definition) is 5. The van der Waals surface area contributed by atoms with Crippen molar-refractivity contribution in [3.8, 4) is 17.0 Å². The van der Waals surface area contributed by atoms with Crippen LogP contribution in [0.15, 0.2) is 43.0 Å². The number of nitrogens with zero attached hydrogens (tertiary/aromatic N) is 3. The standard InChI is InChI=1S/C17H17ClN4O3/c1-2-24-17(23)16-14(9-20-21-16)15-10-19-11-22(15)7-8-25-13-5-3-12(18)4-6-13/h3-6,9-11H,2,7-8H2,1H3,(H,20,21). The lowest BCUT2D eigenvalue weighted by Gasteiger charge is -2.10. The maximum absolute atomic E-state index is 12.0. The van der Waals surface area contributed by atoms with Gasteiger partial charge in [0.15, 0.2) is 5.69 Å². The van der Waals surface area contributed by atoms with Crippen LogP contribution in [0.2, 0.25) is 5.02 Å². The van der Waals surface area contributed by atoms with Crippen LogP contribution in [0.25, 0.3) is 11.3 Å². The highest BCUT2D eigenvalue weighted by atomic mass is 35.5. The molecule has 2 aromatic heterocycles. The van der Waals surface area contributed by atoms with E-state index in [1.165, 1.54) is 0 Å². The van der Waals surface area contributed by atoms with Crippen LogP contribution in [0.1, 0.15) is 17.4 Å². The summed E-state index contributed by atoms with van der Waals surface area (Å²) < 4.78 is 12.6. The molecule has 3 aromatic rings. The summed E-state index contributed by atoms with van der Waals surface area (Å²) >= 11 is 5.85. The van der Waals surface area contributed by atoms with Gasteiger partial charge in [0.1, 0.15) is 12.4 Å². The molecule has 0 aliphatic heterocycles. The molecule has 2 heterocycles. The first-order valence-electron chi connectivity index (χ1n) is 7.78. The number of hydrogen-bond donors (Lipinski definition) is 1. The van der Waals surface area contributed by atoms with Gasteiger partial charge in [-0.05, 0) is 31.2 Å². The van der Waals surface area contributed by atoms with E-state index in [0.717, 1.165) is 11.4 Å². The molecule has 0 aliphatic rings. The van der Waals surface area contributed by atoms with Gasteiger partial charge in [0, 0.05) is 5.02 Å². The molecule has 0 bridgehead atoms. The lowest BCUT2D eigenvalue weighted by atomic mass is 10.2. The number of carbonyl (C=O) groups is 1. The smallest absolute Gasteiger partial charge is 0.357 e. The van der Waals surface area contributed by atoms with Crippen LogP contribution in [0.4, 0.5) is 0 Å². The number of nitrogens with one attached hydrogen (secondary N) is 1. The summed E-state index contributed by atoms with van der Waals surface area (Å²) in [5.74, 6) is 0.293. The number of imidazole rings is 1. The molecule has 8 heteroatoms. The molecule has 130 valence electrons. The normalized spacial score (nSPS) is 10.6. The molecule has 7 nitrogen and oxygen atoms in total. The SMILES string of the molecule is CCOC(=O)c1[nH]ncc1-c1cncn1CCOc1ccc(Cl)cc1. The summed E-state index contributed by atoms with van der Waals surface area (Å²) in [6.45, 7) is 3.06. The van der Waals surface area contributed by atoms with Crippen LogP contribution < -0.4 is 4.74 Å². The third-order valence-corrected chi connectivity index (χ3v) is 3.77. The predicted octanol–water partition coefficient (Wildman–Crippen LogP) is 3.18. The molecule has 0 saturated carbocycles. The fourth-order valence-electron chi connectivity index (χ4n) is 2.36. The van der Waals surface area contributed by atoms with Gasteiger partial charge in [-0.3, -0.25) is 5.10 Å². The topological polar surface area (TPSA) is 82.0 Å². The van der Waals surface area contributed by atoms with Crippen LogP contribution in [0.5, 0.6) is 5.75 Å². The molecule has 1 aromatic carbocycles. The summed E-state index contributed by atoms with van der Waals surface area (Å²) in [5.41, 5.74) is 1.71. The minimum Gasteiger partial charge on any atom is -0.492 e. The zero-order chi connectivity index (χ0) is 17.6. The Hall–Kier alpha value is -2.80. The predicted molar refractivity (Wildman–Crippen MR) is 92.7 cm³/mol. The van der Waals surface area contributed by atoms with Gasteiger partial charge in [-0.2, -0.15) is 5.10 Å². The van der Waals surface area contributed by atoms with E-state index in [1.54, 1.807) is 37.8 Å². The quantitative estimate of drug-likeness (QED) is 0.654. The van der Waals surface area contributed by atoms with Crippen molar-refractivity contribution in [2.75, 3.05) is 13.2 Å². The van der Waals surface area contributed by atoms with Crippen molar-refractivity contribution in [3.05, 3.63) is 53.7 Å². The first kappa shape index (κ1) is 17.0. The van der Waals surface area contributed by atoms with E-state index in [-0.39, 0.29) is 0 Å². The summed E-state index contributed by atoms with van der Waals surface area (Å²) in [6, 6.07) is 7.17. The second-order valence-corrected chi connectivity index (χ2v) is 5.59. The Morgan fingerprint density at radius 1 is 1.28 bits per heavy atom. The van der Waals surface area contributed by atoms with Gasteiger partial charge in [-0.1, -0.05) is 11.6 Å². The van der Waals surface area contributed by atoms with Crippen molar-refractivity contribution in [3.63, 3.8) is 0 Å². The van der Waals surface area contributed by atoms with E-state index < -0.39 is 5.97 Å². The highest BCUT2D eigenvalue weighted by Crippen LogP contribution is 2.22. The number of ether oxygens (including phenoxy) is 2. The molecule has 0 saturated heterocycles. The Morgan fingerprint density at radius 3 is 2.84 bits per heavy atom. The van der Waals surface area contributed by atoms with Crippen molar-refractivity contribution >= 4 is 17.6 Å². The first-order chi connectivity index (χ1) is 12.2. The van der Waals surface area contributed by atoms with Gasteiger partial charge in [-0.15, -0.1) is 0 Å². The number of rotatable bonds is 7. The number of aromatic amines is 1. The second-order valence-electron chi connectivity index (χ2n) is 5.15. The molecule has 0 radical (unpaired) electrons. The Morgan fingerprint density at radius 2 is 2.08 bits per heavy atom. The molecule has 0 amide bonds. The van der Waals surface area contributed by atoms with Gasteiger partial charge in [-0.25, -0.2) is 9.78 Å². The molecular weight excluding hydrogens is 344 g/mol. The molecule has 0 aliphatic carbocycles. The van der Waals surface area contributed by atoms with Crippen LogP contribution >= 0.6 is 11.6 Å². The number of esters is 1. The Balaban J connectivity index is 1.70. The highest BCUT2D eigenvalue weighted by Gasteiger charge is 2.19. The maximum atomic E-state index is 12.0. The van der Waals surface area contributed by atoms with Gasteiger partial charge >= 0.3 is 5.97 Å². The van der Waals surface area contributed by atoms with E-state index in [4.69, 9.17) is 21.1 Å². The summed E-state index contributed by atoms with van der Waals surface area (Å²) in [5, 5.41) is 7.29. The summed E-state index contributed by atoms with van der Waals surface area (Å²) in [4.78, 5) is 16.2. The fourth-order valence-corrected chi connectivity index (χ4v) is 2.48. The average Bonchev–Trinajstić information content (AvgIpc) is 3.25. The van der Waals surface area contributed by atoms with Gasteiger partial charge in [0.05, 0.1) is 43.1 Å². The van der Waals surface area contributed by atoms with Crippen molar-refractivity contribution in [2.45, 2.75) is 13.5 Å². The minimum atomic E-state index is -0.444. The van der Waals surface area contributed by atoms with E-state index in [1.807, 2.05) is 16.7 Å². The largest absolute Gasteiger partial charge is 0.492 e. The van der Waals surface area contributed by atoms with Crippen LogP contribution in [0.3, 0.4) is 0 Å². The lowest BCUT2D eigenvalue weighted by Crippen LogP contribution is -2.10. The zero-order valence-corrected chi connectivity index (χ0v) is 14.4. The molecular formula is C17H17ClN4O3. The van der Waals surface area contributed by atoms with Crippen LogP contribution in [-0.4, -0.2) is 38.9 Å². The maximum Gasteiger partial charge on any atom is 0.357 e. The molecule has 3 rings (SSSR count). The second kappa shape index (κ2) is 7.85. The molecule has 0 fully saturated rings. The first-order valence-corrected chi connectivity index (χ1v) is 8.16. The molecule has 25 heavy (non-hydrogen) atoms. The van der Waals surface area contributed by atoms with Crippen LogP contribution in [-0.2, 0) is 11.3 Å². The Kier molecular flexibility index (Phi) is 5.35. The Bertz CT molecular complexity index is 842. The fraction of sp³-hybridized carbons (Fsp3) is 0.235. The number of carbonyl (C=O) groups excluding carboxylic acids is 1. The summed E-state index contributed by atoms with van der Waals surface area (Å²) in [7, 11) is 0. The zero-order valence-electron chi connectivity index (χ0n) is 13.6. The lowest BCUT2D eigenvalue weighted by molar-refractivity contribution is 0.0520. The average molecular weight is 361 g/mol. The number of benzene rings is 1. The van der Waals surface area contributed by atoms with Crippen molar-refractivity contribution in [1.82, 2.24) is 19.7 Å². The molecule has 0 atom stereocenters. The third-order valence-electron chi connectivity index (χ3n) is 3.52.